The molecular formula is C115H132Cl4N20O5. The number of ether oxygens (including phenoxy) is 1. The topological polar surface area (TPSA) is 255 Å². The van der Waals surface area contributed by atoms with E-state index in [4.69, 9.17) is 51.1 Å². The Morgan fingerprint density at radius 1 is 0.354 bits per heavy atom. The van der Waals surface area contributed by atoms with Gasteiger partial charge >= 0.3 is 0 Å². The van der Waals surface area contributed by atoms with E-state index in [1.807, 2.05) is 146 Å². The fourth-order valence-electron chi connectivity index (χ4n) is 17.9. The molecule has 1 aliphatic carbocycles. The van der Waals surface area contributed by atoms with Gasteiger partial charge < -0.3 is 45.6 Å². The Morgan fingerprint density at radius 2 is 0.660 bits per heavy atom. The zero-order valence-corrected chi connectivity index (χ0v) is 86.5. The molecule has 25 nitrogen and oxygen atoms in total. The lowest BCUT2D eigenvalue weighted by atomic mass is 10.0. The molecular weight excluding hydrogens is 1880 g/mol. The molecule has 4 aromatic heterocycles. The summed E-state index contributed by atoms with van der Waals surface area (Å²) in [6, 6.07) is 66.2. The number of halogens is 4. The lowest BCUT2D eigenvalue weighted by Gasteiger charge is -2.38. The molecule has 0 unspecified atom stereocenters. The number of nitrogens with one attached hydrogen (secondary N) is 4. The van der Waals surface area contributed by atoms with Crippen LogP contribution in [-0.4, -0.2) is 241 Å². The molecule has 8 aromatic carbocycles. The number of aromatic nitrogens is 8. The van der Waals surface area contributed by atoms with Crippen molar-refractivity contribution in [2.24, 2.45) is 0 Å². The quantitative estimate of drug-likeness (QED) is 0.0206. The fraction of sp³-hybridized carbons (Fsp3) is 0.339. The van der Waals surface area contributed by atoms with Gasteiger partial charge in [-0.2, -0.15) is 0 Å². The van der Waals surface area contributed by atoms with Gasteiger partial charge in [0.25, 0.3) is 0 Å². The highest BCUT2D eigenvalue weighted by molar-refractivity contribution is 6.34. The van der Waals surface area contributed by atoms with Gasteiger partial charge in [0, 0.05) is 224 Å². The SMILES string of the molecule is C=CC(=O)Cc1cccc(-c2nc(Nc3cccc(CCCCN4CCN(C(C)C)CC4)c3)ncc2Cl)c1.C=CC(=O)Cc1cccc(-c2nc(Nc3cccc(N4CCN(C(C)C)CC4)c3)ncc2Cl)c1.C=CC(=O)Cc1cccc(-c2nc(Nc3cccc(N4CCN(C5CC5)CC4)c3)ncc2Cl)c1.C=CC(=O)Cc1cccc(-c2nc(Nc3cccc(OCCCN4CCN(C(C)C)CC4)c3)ncc2Cl)c1. The maximum Gasteiger partial charge on any atom is 0.227 e. The Labute approximate surface area is 868 Å². The van der Waals surface area contributed by atoms with E-state index >= 15 is 0 Å². The molecule has 8 heterocycles. The van der Waals surface area contributed by atoms with Crippen LogP contribution in [0.1, 0.15) is 101 Å². The number of allylic oxidation sites excluding steroid dienone is 4. The molecule has 0 radical (unpaired) electrons. The Bertz CT molecular complexity index is 5990. The van der Waals surface area contributed by atoms with Crippen molar-refractivity contribution in [3.8, 4) is 50.8 Å². The van der Waals surface area contributed by atoms with Gasteiger partial charge in [0.1, 0.15) is 5.75 Å². The lowest BCUT2D eigenvalue weighted by Crippen LogP contribution is -2.49. The minimum atomic E-state index is -0.0372. The van der Waals surface area contributed by atoms with E-state index < -0.39 is 0 Å². The van der Waals surface area contributed by atoms with Crippen molar-refractivity contribution < 1.29 is 23.9 Å². The molecule has 5 aliphatic rings. The minimum absolute atomic E-state index is 0.0253. The van der Waals surface area contributed by atoms with Crippen LogP contribution in [0.5, 0.6) is 5.75 Å². The van der Waals surface area contributed by atoms with Crippen LogP contribution in [0.15, 0.2) is 270 Å². The van der Waals surface area contributed by atoms with Crippen molar-refractivity contribution in [3.63, 3.8) is 0 Å². The van der Waals surface area contributed by atoms with Gasteiger partial charge in [-0.3, -0.25) is 38.8 Å². The average molecular weight is 2020 g/mol. The normalized spacial score (nSPS) is 14.9. The smallest absolute Gasteiger partial charge is 0.227 e. The summed E-state index contributed by atoms with van der Waals surface area (Å²) in [7, 11) is 0. The van der Waals surface area contributed by atoms with Crippen LogP contribution in [0.2, 0.25) is 20.1 Å². The maximum absolute atomic E-state index is 11.8. The lowest BCUT2D eigenvalue weighted by molar-refractivity contribution is -0.114. The van der Waals surface area contributed by atoms with Gasteiger partial charge in [-0.05, 0) is 224 Å². The molecule has 5 fully saturated rings. The molecule has 0 amide bonds. The molecule has 4 aliphatic heterocycles. The van der Waals surface area contributed by atoms with Crippen LogP contribution < -0.4 is 35.8 Å². The molecule has 4 N–H and O–H groups in total. The van der Waals surface area contributed by atoms with Crippen LogP contribution in [0, 0.1) is 0 Å². The molecule has 0 bridgehead atoms. The summed E-state index contributed by atoms with van der Waals surface area (Å²) >= 11 is 25.8. The number of rotatable bonds is 40. The number of aryl methyl sites for hydroxylation is 1. The van der Waals surface area contributed by atoms with E-state index in [1.165, 1.54) is 99.6 Å². The van der Waals surface area contributed by atoms with Crippen molar-refractivity contribution in [1.82, 2.24) is 69.3 Å². The first-order valence-corrected chi connectivity index (χ1v) is 51.4. The van der Waals surface area contributed by atoms with Gasteiger partial charge in [0.15, 0.2) is 23.1 Å². The van der Waals surface area contributed by atoms with Crippen LogP contribution in [0.25, 0.3) is 45.0 Å². The summed E-state index contributed by atoms with van der Waals surface area (Å²) in [6.07, 6.45) is 20.1. The Kier molecular flexibility index (Phi) is 39.9. The molecule has 0 atom stereocenters. The highest BCUT2D eigenvalue weighted by atomic mass is 35.5. The van der Waals surface area contributed by atoms with Crippen molar-refractivity contribution in [3.05, 3.63) is 317 Å². The van der Waals surface area contributed by atoms with E-state index in [-0.39, 0.29) is 29.6 Å². The summed E-state index contributed by atoms with van der Waals surface area (Å²) in [4.78, 5) is 103. The Morgan fingerprint density at radius 3 is 1.01 bits per heavy atom. The molecule has 1 saturated carbocycles. The first kappa shape index (κ1) is 107. The van der Waals surface area contributed by atoms with E-state index in [9.17, 15) is 19.2 Å². The van der Waals surface area contributed by atoms with Crippen LogP contribution >= 0.6 is 46.4 Å². The second-order valence-corrected chi connectivity index (χ2v) is 39.2. The van der Waals surface area contributed by atoms with Gasteiger partial charge in [0.2, 0.25) is 23.8 Å². The summed E-state index contributed by atoms with van der Waals surface area (Å²) in [5.41, 5.74) is 16.7. The van der Waals surface area contributed by atoms with Crippen LogP contribution in [-0.2, 0) is 51.3 Å². The molecule has 17 rings (SSSR count). The summed E-state index contributed by atoms with van der Waals surface area (Å²) in [5, 5.41) is 15.0. The van der Waals surface area contributed by atoms with E-state index in [2.05, 4.69) is 217 Å². The average Bonchev–Trinajstić information content (AvgIpc) is 1.03. The van der Waals surface area contributed by atoms with Gasteiger partial charge in [-0.15, -0.1) is 0 Å². The van der Waals surface area contributed by atoms with E-state index in [1.54, 1.807) is 24.8 Å². The predicted octanol–water partition coefficient (Wildman–Crippen LogP) is 22.3. The Balaban J connectivity index is 0.000000152. The molecule has 29 heteroatoms. The largest absolute Gasteiger partial charge is 0.493 e. The number of hydrogen-bond donors (Lipinski definition) is 4. The first-order chi connectivity index (χ1) is 69.8. The number of carbonyl (C=O) groups excluding carboxylic acids is 4. The number of benzene rings is 8. The Hall–Kier alpha value is -12.8. The number of nitrogens with zero attached hydrogens (tertiary/aromatic N) is 16. The number of ketones is 4. The second-order valence-electron chi connectivity index (χ2n) is 37.6. The third-order valence-corrected chi connectivity index (χ3v) is 27.3. The van der Waals surface area contributed by atoms with Crippen molar-refractivity contribution >= 4 is 127 Å². The number of carbonyl (C=O) groups is 4. The first-order valence-electron chi connectivity index (χ1n) is 49.9. The molecule has 0 spiro atoms. The van der Waals surface area contributed by atoms with Crippen LogP contribution in [0.4, 0.5) is 57.9 Å². The van der Waals surface area contributed by atoms with Crippen molar-refractivity contribution in [1.29, 1.82) is 0 Å². The predicted molar refractivity (Wildman–Crippen MR) is 590 cm³/mol. The van der Waals surface area contributed by atoms with E-state index in [0.29, 0.717) is 111 Å². The molecule has 12 aromatic rings. The zero-order chi connectivity index (χ0) is 101. The van der Waals surface area contributed by atoms with Gasteiger partial charge in [-0.25, -0.2) is 39.9 Å². The zero-order valence-electron chi connectivity index (χ0n) is 83.4. The molecule has 144 heavy (non-hydrogen) atoms. The highest BCUT2D eigenvalue weighted by Gasteiger charge is 2.32. The van der Waals surface area contributed by atoms with Crippen molar-refractivity contribution in [2.75, 3.05) is 155 Å². The minimum Gasteiger partial charge on any atom is -0.493 e. The highest BCUT2D eigenvalue weighted by Crippen LogP contribution is 2.37. The number of piperazine rings is 4. The maximum atomic E-state index is 11.8. The van der Waals surface area contributed by atoms with E-state index in [0.717, 1.165) is 177 Å². The standard InChI is InChI=1S/C31H38ClN5O.C30H36ClN5O2.C27H28ClN5O.C27H30ClN5O/c1-4-28(38)21-25-11-7-12-26(19-25)30-29(32)22-33-31(35-30)34-27-13-8-10-24(20-27)9-5-6-14-36-15-17-37(18-16-36)23(2)3;1-4-26(37)19-23-8-5-9-24(18-23)29-28(31)21-32-30(34-29)33-25-10-6-11-27(20-25)38-17-7-12-35-13-15-36(16-14-35)22(2)3;1-2-24(34)16-19-5-3-6-20(15-19)26-25(28)18-29-27(31-26)30-21-7-4-8-23(17-21)33-13-11-32(12-14-33)22-9-10-22;1-4-24(34)16-20-7-5-8-21(15-20)26-25(28)18-29-27(31-26)30-22-9-6-10-23(17-22)33-13-11-32(12-14-33)19(2)3/h4,7-8,10-13,19-20,22-23H,1,5-6,9,14-18,21H2,2-3H3,(H,33,34,35);4-6,8-11,18,20-22H,1,7,12-17,19H2,2-3H3,(H,32,33,34);2-8,15,17-18,22H,1,9-14,16H2,(H,29,30,31);4-10,15,17-19H,1,11-14,16H2,2-3H3,(H,29,30,31). The van der Waals surface area contributed by atoms with Gasteiger partial charge in [-0.1, -0.05) is 176 Å². The third kappa shape index (κ3) is 32.4. The summed E-state index contributed by atoms with van der Waals surface area (Å²) in [6.45, 7) is 48.4. The second kappa shape index (κ2) is 53.7. The summed E-state index contributed by atoms with van der Waals surface area (Å²) in [5.74, 6) is 2.53. The number of hydrogen-bond acceptors (Lipinski definition) is 25. The fourth-order valence-corrected chi connectivity index (χ4v) is 18.7. The van der Waals surface area contributed by atoms with Crippen molar-refractivity contribution in [2.45, 2.75) is 130 Å². The van der Waals surface area contributed by atoms with Crippen LogP contribution in [0.3, 0.4) is 0 Å². The molecule has 750 valence electrons. The summed E-state index contributed by atoms with van der Waals surface area (Å²) < 4.78 is 6.03. The number of unbranched alkanes of at least 4 members (excludes halogenated alkanes) is 1. The van der Waals surface area contributed by atoms with Gasteiger partial charge in [0.05, 0.1) is 74.3 Å². The third-order valence-electron chi connectivity index (χ3n) is 26.2. The number of anilines is 10. The monoisotopic (exact) mass is 2010 g/mol. The molecule has 4 saturated heterocycles.